The van der Waals surface area contributed by atoms with Crippen LogP contribution in [0.4, 0.5) is 0 Å². The third-order valence-corrected chi connectivity index (χ3v) is 2.86. The molecule has 0 aliphatic carbocycles. The van der Waals surface area contributed by atoms with Crippen molar-refractivity contribution in [1.82, 2.24) is 5.32 Å². The van der Waals surface area contributed by atoms with Crippen LogP contribution < -0.4 is 5.32 Å². The monoisotopic (exact) mass is 229 g/mol. The van der Waals surface area contributed by atoms with Crippen LogP contribution in [-0.2, 0) is 14.3 Å². The summed E-state index contributed by atoms with van der Waals surface area (Å²) in [6.07, 6.45) is 4.45. The maximum Gasteiger partial charge on any atom is 0.323 e. The highest BCUT2D eigenvalue weighted by Gasteiger charge is 2.19. The van der Waals surface area contributed by atoms with Gasteiger partial charge in [-0.05, 0) is 39.2 Å². The van der Waals surface area contributed by atoms with Crippen molar-refractivity contribution in [2.45, 2.75) is 51.7 Å². The molecule has 94 valence electrons. The lowest BCUT2D eigenvalue weighted by Gasteiger charge is -2.16. The van der Waals surface area contributed by atoms with E-state index in [-0.39, 0.29) is 12.0 Å². The Balaban J connectivity index is 2.14. The van der Waals surface area contributed by atoms with Crippen LogP contribution in [0, 0.1) is 0 Å². The summed E-state index contributed by atoms with van der Waals surface area (Å²) in [4.78, 5) is 11.5. The molecule has 1 aliphatic heterocycles. The van der Waals surface area contributed by atoms with E-state index in [1.807, 2.05) is 13.8 Å². The smallest absolute Gasteiger partial charge is 0.323 e. The van der Waals surface area contributed by atoms with Crippen molar-refractivity contribution >= 4 is 5.97 Å². The van der Waals surface area contributed by atoms with E-state index in [0.717, 1.165) is 32.4 Å². The molecule has 1 N–H and O–H groups in total. The molecule has 0 aromatic rings. The first-order valence-corrected chi connectivity index (χ1v) is 6.29. The van der Waals surface area contributed by atoms with Gasteiger partial charge in [-0.25, -0.2) is 0 Å². The minimum atomic E-state index is -0.165. The molecule has 1 fully saturated rings. The summed E-state index contributed by atoms with van der Waals surface area (Å²) in [5.41, 5.74) is 0. The second-order valence-electron chi connectivity index (χ2n) is 4.09. The summed E-state index contributed by atoms with van der Waals surface area (Å²) in [6.45, 7) is 5.97. The van der Waals surface area contributed by atoms with Crippen LogP contribution in [0.15, 0.2) is 0 Å². The number of ether oxygens (including phenoxy) is 2. The van der Waals surface area contributed by atoms with Crippen LogP contribution in [0.25, 0.3) is 0 Å². The van der Waals surface area contributed by atoms with E-state index in [0.29, 0.717) is 12.7 Å². The fourth-order valence-corrected chi connectivity index (χ4v) is 1.93. The summed E-state index contributed by atoms with van der Waals surface area (Å²) in [7, 11) is 0. The van der Waals surface area contributed by atoms with Crippen molar-refractivity contribution < 1.29 is 14.3 Å². The maximum absolute atomic E-state index is 11.5. The molecule has 16 heavy (non-hydrogen) atoms. The van der Waals surface area contributed by atoms with Gasteiger partial charge in [0.2, 0.25) is 0 Å². The molecule has 0 amide bonds. The maximum atomic E-state index is 11.5. The molecule has 4 nitrogen and oxygen atoms in total. The zero-order chi connectivity index (χ0) is 11.8. The largest absolute Gasteiger partial charge is 0.465 e. The average Bonchev–Trinajstić information content (AvgIpc) is 2.77. The normalized spacial score (nSPS) is 22.0. The number of nitrogens with one attached hydrogen (secondary N) is 1. The number of esters is 1. The average molecular weight is 229 g/mol. The third kappa shape index (κ3) is 4.49. The molecule has 1 saturated heterocycles. The fourth-order valence-electron chi connectivity index (χ4n) is 1.93. The van der Waals surface area contributed by atoms with Crippen LogP contribution in [0.2, 0.25) is 0 Å². The second kappa shape index (κ2) is 7.63. The minimum absolute atomic E-state index is 0.141. The standard InChI is InChI=1S/C12H23NO3/c1-3-11(12(14)15-4-2)13-8-7-10-6-5-9-16-10/h10-11,13H,3-9H2,1-2H3. The lowest BCUT2D eigenvalue weighted by molar-refractivity contribution is -0.145. The molecule has 1 heterocycles. The Kier molecular flexibility index (Phi) is 6.42. The van der Waals surface area contributed by atoms with Gasteiger partial charge in [0.05, 0.1) is 12.7 Å². The van der Waals surface area contributed by atoms with Gasteiger partial charge < -0.3 is 14.8 Å². The molecule has 0 radical (unpaired) electrons. The molecular formula is C12H23NO3. The Labute approximate surface area is 97.7 Å². The van der Waals surface area contributed by atoms with E-state index in [2.05, 4.69) is 5.32 Å². The Morgan fingerprint density at radius 3 is 2.94 bits per heavy atom. The van der Waals surface area contributed by atoms with Gasteiger partial charge in [-0.2, -0.15) is 0 Å². The summed E-state index contributed by atoms with van der Waals surface area (Å²) in [5, 5.41) is 3.23. The molecule has 2 atom stereocenters. The van der Waals surface area contributed by atoms with E-state index < -0.39 is 0 Å². The molecule has 0 aromatic heterocycles. The second-order valence-corrected chi connectivity index (χ2v) is 4.09. The third-order valence-electron chi connectivity index (χ3n) is 2.86. The van der Waals surface area contributed by atoms with E-state index in [9.17, 15) is 4.79 Å². The van der Waals surface area contributed by atoms with Crippen molar-refractivity contribution in [1.29, 1.82) is 0 Å². The lowest BCUT2D eigenvalue weighted by atomic mass is 10.1. The quantitative estimate of drug-likeness (QED) is 0.672. The van der Waals surface area contributed by atoms with Gasteiger partial charge in [0.25, 0.3) is 0 Å². The highest BCUT2D eigenvalue weighted by atomic mass is 16.5. The molecule has 0 spiro atoms. The van der Waals surface area contributed by atoms with Gasteiger partial charge in [0, 0.05) is 6.61 Å². The Morgan fingerprint density at radius 2 is 2.38 bits per heavy atom. The Hall–Kier alpha value is -0.610. The molecule has 0 saturated carbocycles. The number of rotatable bonds is 7. The van der Waals surface area contributed by atoms with Crippen LogP contribution in [0.1, 0.15) is 39.5 Å². The van der Waals surface area contributed by atoms with E-state index in [1.54, 1.807) is 0 Å². The molecule has 1 rings (SSSR count). The summed E-state index contributed by atoms with van der Waals surface area (Å²) in [6, 6.07) is -0.165. The van der Waals surface area contributed by atoms with Crippen LogP contribution in [-0.4, -0.2) is 37.9 Å². The van der Waals surface area contributed by atoms with Gasteiger partial charge in [0.1, 0.15) is 6.04 Å². The van der Waals surface area contributed by atoms with Crippen LogP contribution >= 0.6 is 0 Å². The van der Waals surface area contributed by atoms with Crippen LogP contribution in [0.5, 0.6) is 0 Å². The van der Waals surface area contributed by atoms with E-state index in [1.165, 1.54) is 6.42 Å². The highest BCUT2D eigenvalue weighted by Crippen LogP contribution is 2.14. The van der Waals surface area contributed by atoms with Crippen molar-refractivity contribution in [2.24, 2.45) is 0 Å². The van der Waals surface area contributed by atoms with Gasteiger partial charge in [-0.1, -0.05) is 6.92 Å². The lowest BCUT2D eigenvalue weighted by Crippen LogP contribution is -2.38. The van der Waals surface area contributed by atoms with Crippen LogP contribution in [0.3, 0.4) is 0 Å². The van der Waals surface area contributed by atoms with Gasteiger partial charge in [-0.3, -0.25) is 4.79 Å². The highest BCUT2D eigenvalue weighted by molar-refractivity contribution is 5.75. The molecule has 4 heteroatoms. The first-order chi connectivity index (χ1) is 7.77. The predicted molar refractivity (Wildman–Crippen MR) is 62.3 cm³/mol. The molecule has 2 unspecified atom stereocenters. The first-order valence-electron chi connectivity index (χ1n) is 6.29. The molecule has 0 bridgehead atoms. The van der Waals surface area contributed by atoms with Crippen molar-refractivity contribution in [3.8, 4) is 0 Å². The number of hydrogen-bond acceptors (Lipinski definition) is 4. The molecule has 0 aromatic carbocycles. The summed E-state index contributed by atoms with van der Waals surface area (Å²) >= 11 is 0. The zero-order valence-corrected chi connectivity index (χ0v) is 10.3. The number of carbonyl (C=O) groups excluding carboxylic acids is 1. The summed E-state index contributed by atoms with van der Waals surface area (Å²) in [5.74, 6) is -0.141. The van der Waals surface area contributed by atoms with E-state index >= 15 is 0 Å². The zero-order valence-electron chi connectivity index (χ0n) is 10.3. The predicted octanol–water partition coefficient (Wildman–Crippen LogP) is 1.49. The molecule has 1 aliphatic rings. The van der Waals surface area contributed by atoms with Gasteiger partial charge in [0.15, 0.2) is 0 Å². The van der Waals surface area contributed by atoms with E-state index in [4.69, 9.17) is 9.47 Å². The van der Waals surface area contributed by atoms with Crippen molar-refractivity contribution in [3.63, 3.8) is 0 Å². The number of carbonyl (C=O) groups is 1. The Bertz CT molecular complexity index is 202. The SMILES string of the molecule is CCOC(=O)C(CC)NCCC1CCCO1. The Morgan fingerprint density at radius 1 is 1.56 bits per heavy atom. The summed E-state index contributed by atoms with van der Waals surface area (Å²) < 4.78 is 10.5. The topological polar surface area (TPSA) is 47.6 Å². The van der Waals surface area contributed by atoms with Crippen molar-refractivity contribution in [3.05, 3.63) is 0 Å². The number of hydrogen-bond donors (Lipinski definition) is 1. The van der Waals surface area contributed by atoms with Gasteiger partial charge >= 0.3 is 5.97 Å². The fraction of sp³-hybridized carbons (Fsp3) is 0.917. The first kappa shape index (κ1) is 13.5. The minimum Gasteiger partial charge on any atom is -0.465 e. The van der Waals surface area contributed by atoms with Gasteiger partial charge in [-0.15, -0.1) is 0 Å². The molecular weight excluding hydrogens is 206 g/mol. The van der Waals surface area contributed by atoms with Crippen molar-refractivity contribution in [2.75, 3.05) is 19.8 Å².